The second-order valence-corrected chi connectivity index (χ2v) is 6.81. The van der Waals surface area contributed by atoms with Crippen LogP contribution in [0.15, 0.2) is 45.3 Å². The lowest BCUT2D eigenvalue weighted by Gasteiger charge is -2.13. The van der Waals surface area contributed by atoms with Crippen molar-refractivity contribution in [1.29, 1.82) is 0 Å². The van der Waals surface area contributed by atoms with Crippen LogP contribution in [0, 0.1) is 6.92 Å². The second-order valence-electron chi connectivity index (χ2n) is 5.04. The molecule has 0 radical (unpaired) electrons. The van der Waals surface area contributed by atoms with Gasteiger partial charge in [-0.05, 0) is 48.4 Å². The van der Waals surface area contributed by atoms with Crippen LogP contribution in [-0.4, -0.2) is 12.6 Å². The third-order valence-corrected chi connectivity index (χ3v) is 4.82. The topological polar surface area (TPSA) is 21.3 Å². The fourth-order valence-corrected chi connectivity index (χ4v) is 3.12. The Kier molecular flexibility index (Phi) is 4.03. The van der Waals surface area contributed by atoms with Gasteiger partial charge in [-0.3, -0.25) is 0 Å². The van der Waals surface area contributed by atoms with Gasteiger partial charge in [0.05, 0.1) is 6.54 Å². The summed E-state index contributed by atoms with van der Waals surface area (Å²) >= 11 is 7.05. The molecule has 0 amide bonds. The Morgan fingerprint density at radius 1 is 1.20 bits per heavy atom. The number of benzene rings is 2. The van der Waals surface area contributed by atoms with Gasteiger partial charge in [0.25, 0.3) is 0 Å². The third-order valence-electron chi connectivity index (χ3n) is 3.47. The summed E-state index contributed by atoms with van der Waals surface area (Å²) in [7, 11) is 0. The van der Waals surface area contributed by atoms with E-state index in [0.29, 0.717) is 0 Å². The number of hydrogen-bond donors (Lipinski definition) is 1. The molecule has 1 heterocycles. The lowest BCUT2D eigenvalue weighted by molar-refractivity contribution is 0.246. The van der Waals surface area contributed by atoms with Gasteiger partial charge in [-0.2, -0.15) is 0 Å². The van der Waals surface area contributed by atoms with Crippen LogP contribution in [0.4, 0.5) is 5.69 Å². The highest BCUT2D eigenvalue weighted by molar-refractivity contribution is 9.10. The molecule has 4 heteroatoms. The van der Waals surface area contributed by atoms with Crippen molar-refractivity contribution in [3.63, 3.8) is 0 Å². The summed E-state index contributed by atoms with van der Waals surface area (Å²) in [5, 5.41) is 3.44. The molecule has 104 valence electrons. The molecule has 0 bridgehead atoms. The molecule has 1 unspecified atom stereocenters. The van der Waals surface area contributed by atoms with Crippen LogP contribution in [-0.2, 0) is 6.42 Å². The first-order valence-corrected chi connectivity index (χ1v) is 8.15. The highest BCUT2D eigenvalue weighted by Crippen LogP contribution is 2.31. The minimum Gasteiger partial charge on any atom is -0.488 e. The van der Waals surface area contributed by atoms with Crippen LogP contribution < -0.4 is 10.1 Å². The van der Waals surface area contributed by atoms with E-state index in [0.717, 1.165) is 33.3 Å². The van der Waals surface area contributed by atoms with E-state index in [4.69, 9.17) is 4.74 Å². The average molecular weight is 397 g/mol. The summed E-state index contributed by atoms with van der Waals surface area (Å²) in [5.74, 6) is 1.00. The maximum Gasteiger partial charge on any atom is 0.123 e. The molecule has 2 aromatic rings. The first-order valence-electron chi connectivity index (χ1n) is 6.57. The lowest BCUT2D eigenvalue weighted by Crippen LogP contribution is -2.23. The normalized spacial score (nSPS) is 16.6. The van der Waals surface area contributed by atoms with Crippen molar-refractivity contribution in [3.8, 4) is 5.75 Å². The van der Waals surface area contributed by atoms with E-state index >= 15 is 0 Å². The predicted octanol–water partition coefficient (Wildman–Crippen LogP) is 4.94. The molecule has 0 fully saturated rings. The van der Waals surface area contributed by atoms with E-state index in [1.54, 1.807) is 0 Å². The van der Waals surface area contributed by atoms with Crippen molar-refractivity contribution in [3.05, 3.63) is 56.5 Å². The summed E-state index contributed by atoms with van der Waals surface area (Å²) in [6.07, 6.45) is 1.15. The fraction of sp³-hybridized carbons (Fsp3) is 0.250. The Hall–Kier alpha value is -1.00. The maximum atomic E-state index is 5.94. The number of rotatable bonds is 3. The van der Waals surface area contributed by atoms with Crippen LogP contribution in [0.1, 0.15) is 11.1 Å². The minimum atomic E-state index is 0.194. The molecule has 0 aliphatic carbocycles. The Morgan fingerprint density at radius 3 is 2.85 bits per heavy atom. The number of anilines is 1. The molecule has 0 saturated heterocycles. The zero-order valence-corrected chi connectivity index (χ0v) is 14.3. The zero-order valence-electron chi connectivity index (χ0n) is 11.1. The average Bonchev–Trinajstić information content (AvgIpc) is 2.82. The van der Waals surface area contributed by atoms with Crippen molar-refractivity contribution < 1.29 is 4.74 Å². The number of aryl methyl sites for hydroxylation is 1. The van der Waals surface area contributed by atoms with Crippen LogP contribution in [0.25, 0.3) is 0 Å². The van der Waals surface area contributed by atoms with Crippen LogP contribution in [0.3, 0.4) is 0 Å². The van der Waals surface area contributed by atoms with Gasteiger partial charge in [0.15, 0.2) is 0 Å². The predicted molar refractivity (Wildman–Crippen MR) is 89.6 cm³/mol. The maximum absolute atomic E-state index is 5.94. The third kappa shape index (κ3) is 3.01. The van der Waals surface area contributed by atoms with Crippen LogP contribution in [0.2, 0.25) is 0 Å². The first kappa shape index (κ1) is 14.0. The second kappa shape index (κ2) is 5.78. The SMILES string of the molecule is Cc1ccc(NCC2Cc3cc(Br)ccc3O2)cc1Br. The van der Waals surface area contributed by atoms with E-state index in [1.165, 1.54) is 11.1 Å². The van der Waals surface area contributed by atoms with Gasteiger partial charge in [0, 0.05) is 21.1 Å². The number of hydrogen-bond acceptors (Lipinski definition) is 2. The molecular formula is C16H15Br2NO. The molecule has 1 aliphatic rings. The van der Waals surface area contributed by atoms with E-state index < -0.39 is 0 Å². The van der Waals surface area contributed by atoms with Gasteiger partial charge in [0.2, 0.25) is 0 Å². The molecular weight excluding hydrogens is 382 g/mol. The summed E-state index contributed by atoms with van der Waals surface area (Å²) in [6, 6.07) is 12.5. The first-order chi connectivity index (χ1) is 9.61. The quantitative estimate of drug-likeness (QED) is 0.793. The Labute approximate surface area is 135 Å². The monoisotopic (exact) mass is 395 g/mol. The van der Waals surface area contributed by atoms with Gasteiger partial charge >= 0.3 is 0 Å². The van der Waals surface area contributed by atoms with Crippen molar-refractivity contribution >= 4 is 37.5 Å². The number of halogens is 2. The van der Waals surface area contributed by atoms with Crippen molar-refractivity contribution in [2.24, 2.45) is 0 Å². The standard InChI is InChI=1S/C16H15Br2NO/c1-10-2-4-13(8-15(10)18)19-9-14-7-11-6-12(17)3-5-16(11)20-14/h2-6,8,14,19H,7,9H2,1H3. The molecule has 2 aromatic carbocycles. The van der Waals surface area contributed by atoms with Gasteiger partial charge in [-0.25, -0.2) is 0 Å². The Balaban J connectivity index is 1.62. The molecule has 2 nitrogen and oxygen atoms in total. The smallest absolute Gasteiger partial charge is 0.123 e. The largest absolute Gasteiger partial charge is 0.488 e. The highest BCUT2D eigenvalue weighted by atomic mass is 79.9. The molecule has 20 heavy (non-hydrogen) atoms. The van der Waals surface area contributed by atoms with Crippen molar-refractivity contribution in [1.82, 2.24) is 0 Å². The van der Waals surface area contributed by atoms with Gasteiger partial charge in [-0.1, -0.05) is 37.9 Å². The van der Waals surface area contributed by atoms with Gasteiger partial charge in [0.1, 0.15) is 11.9 Å². The van der Waals surface area contributed by atoms with Crippen LogP contribution in [0.5, 0.6) is 5.75 Å². The van der Waals surface area contributed by atoms with Crippen molar-refractivity contribution in [2.45, 2.75) is 19.4 Å². The summed E-state index contributed by atoms with van der Waals surface area (Å²) in [6.45, 7) is 2.89. The molecule has 0 aromatic heterocycles. The van der Waals surface area contributed by atoms with Crippen molar-refractivity contribution in [2.75, 3.05) is 11.9 Å². The molecule has 1 aliphatic heterocycles. The Morgan fingerprint density at radius 2 is 2.05 bits per heavy atom. The summed E-state index contributed by atoms with van der Waals surface area (Å²) in [4.78, 5) is 0. The molecule has 3 rings (SSSR count). The molecule has 1 N–H and O–H groups in total. The molecule has 0 saturated carbocycles. The summed E-state index contributed by atoms with van der Waals surface area (Å²) in [5.41, 5.74) is 3.63. The minimum absolute atomic E-state index is 0.194. The van der Waals surface area contributed by atoms with Gasteiger partial charge in [-0.15, -0.1) is 0 Å². The van der Waals surface area contributed by atoms with E-state index in [-0.39, 0.29) is 6.10 Å². The number of fused-ring (bicyclic) bond motifs is 1. The highest BCUT2D eigenvalue weighted by Gasteiger charge is 2.22. The van der Waals surface area contributed by atoms with Crippen LogP contribution >= 0.6 is 31.9 Å². The number of ether oxygens (including phenoxy) is 1. The summed E-state index contributed by atoms with van der Waals surface area (Å²) < 4.78 is 8.18. The fourth-order valence-electron chi connectivity index (χ4n) is 2.34. The van der Waals surface area contributed by atoms with E-state index in [1.807, 2.05) is 12.1 Å². The Bertz CT molecular complexity index is 642. The van der Waals surface area contributed by atoms with Gasteiger partial charge < -0.3 is 10.1 Å². The number of nitrogens with one attached hydrogen (secondary N) is 1. The zero-order chi connectivity index (χ0) is 14.1. The van der Waals surface area contributed by atoms with E-state index in [9.17, 15) is 0 Å². The lowest BCUT2D eigenvalue weighted by atomic mass is 10.1. The molecule has 1 atom stereocenters. The van der Waals surface area contributed by atoms with E-state index in [2.05, 4.69) is 68.4 Å². The molecule has 0 spiro atoms.